The van der Waals surface area contributed by atoms with Crippen molar-refractivity contribution in [3.63, 3.8) is 0 Å². The van der Waals surface area contributed by atoms with E-state index in [9.17, 15) is 14.3 Å². The maximum absolute atomic E-state index is 12.0. The summed E-state index contributed by atoms with van der Waals surface area (Å²) < 4.78 is 33.1. The lowest BCUT2D eigenvalue weighted by Gasteiger charge is -2.24. The number of amides is 1. The molecule has 2 atom stereocenters. The van der Waals surface area contributed by atoms with Crippen LogP contribution < -0.4 is 5.32 Å². The van der Waals surface area contributed by atoms with Crippen LogP contribution in [0, 0.1) is 0 Å². The smallest absolute Gasteiger partial charge is 0.441 e. The first kappa shape index (κ1) is 27.3. The quantitative estimate of drug-likeness (QED) is 0.209. The Morgan fingerprint density at radius 2 is 1.68 bits per heavy atom. The van der Waals surface area contributed by atoms with Gasteiger partial charge in [0, 0.05) is 13.7 Å². The largest absolute Gasteiger partial charge is 0.472 e. The second kappa shape index (κ2) is 15.2. The zero-order valence-electron chi connectivity index (χ0n) is 18.1. The van der Waals surface area contributed by atoms with E-state index < -0.39 is 20.0 Å². The zero-order valence-corrected chi connectivity index (χ0v) is 19.0. The van der Waals surface area contributed by atoms with Crippen LogP contribution >= 0.6 is 7.82 Å². The Morgan fingerprint density at radius 3 is 2.29 bits per heavy atom. The molecular weight excluding hydrogens is 387 g/mol. The zero-order chi connectivity index (χ0) is 21.5. The minimum absolute atomic E-state index is 0.0762. The van der Waals surface area contributed by atoms with Crippen LogP contribution in [0.3, 0.4) is 0 Å². The Labute approximate surface area is 169 Å². The lowest BCUT2D eigenvalue weighted by atomic mass is 10.1. The molecule has 0 bridgehead atoms. The summed E-state index contributed by atoms with van der Waals surface area (Å²) >= 11 is 0. The number of likely N-dealkylation sites (N-methyl/N-ethyl adjacent to an activating group) is 1. The standard InChI is InChI=1S/C18H39N2O7P/c1-6-7-8-9-10-11-13-24-15-17(27-18(21)19-2)16-26-28(22,23)25-14-12-20(3,4)5/h17H,6-16H2,1-5H3,(H-,19,21,22,23)/p+1/t17-/m1/s1. The van der Waals surface area contributed by atoms with Crippen molar-refractivity contribution in [1.82, 2.24) is 5.32 Å². The molecule has 0 aromatic rings. The Hall–Kier alpha value is -0.700. The van der Waals surface area contributed by atoms with E-state index in [0.717, 1.165) is 12.8 Å². The van der Waals surface area contributed by atoms with Gasteiger partial charge in [-0.05, 0) is 6.42 Å². The number of unbranched alkanes of at least 4 members (excludes halogenated alkanes) is 5. The summed E-state index contributed by atoms with van der Waals surface area (Å²) in [5.41, 5.74) is 0. The number of quaternary nitrogens is 1. The van der Waals surface area contributed by atoms with Gasteiger partial charge in [0.1, 0.15) is 13.2 Å². The molecule has 2 N–H and O–H groups in total. The number of nitrogens with zero attached hydrogens (tertiary/aromatic N) is 1. The van der Waals surface area contributed by atoms with Gasteiger partial charge in [-0.25, -0.2) is 9.36 Å². The van der Waals surface area contributed by atoms with Gasteiger partial charge in [0.05, 0.1) is 34.4 Å². The molecule has 9 nitrogen and oxygen atoms in total. The van der Waals surface area contributed by atoms with E-state index in [1.165, 1.54) is 32.7 Å². The number of phosphoric acid groups is 1. The Kier molecular flexibility index (Phi) is 14.8. The number of ether oxygens (including phenoxy) is 2. The van der Waals surface area contributed by atoms with Crippen LogP contribution in [0.15, 0.2) is 0 Å². The van der Waals surface area contributed by atoms with Gasteiger partial charge in [-0.1, -0.05) is 39.0 Å². The molecule has 1 amide bonds. The average molecular weight is 427 g/mol. The average Bonchev–Trinajstić information content (AvgIpc) is 2.60. The first-order chi connectivity index (χ1) is 13.1. The molecule has 0 aromatic carbocycles. The molecule has 168 valence electrons. The highest BCUT2D eigenvalue weighted by Crippen LogP contribution is 2.43. The van der Waals surface area contributed by atoms with E-state index in [-0.39, 0.29) is 19.8 Å². The third-order valence-electron chi connectivity index (χ3n) is 3.86. The fraction of sp³-hybridized carbons (Fsp3) is 0.944. The fourth-order valence-corrected chi connectivity index (χ4v) is 2.91. The number of hydrogen-bond donors (Lipinski definition) is 2. The summed E-state index contributed by atoms with van der Waals surface area (Å²) in [4.78, 5) is 21.2. The molecule has 0 aliphatic carbocycles. The van der Waals surface area contributed by atoms with Crippen LogP contribution in [0.25, 0.3) is 0 Å². The Morgan fingerprint density at radius 1 is 1.04 bits per heavy atom. The van der Waals surface area contributed by atoms with Gasteiger partial charge in [0.15, 0.2) is 6.10 Å². The molecule has 0 aliphatic heterocycles. The lowest BCUT2D eigenvalue weighted by molar-refractivity contribution is -0.870. The van der Waals surface area contributed by atoms with E-state index in [1.807, 2.05) is 21.1 Å². The molecule has 28 heavy (non-hydrogen) atoms. The molecular formula is C18H40N2O7P+. The molecule has 0 aromatic heterocycles. The molecule has 0 fully saturated rings. The van der Waals surface area contributed by atoms with Crippen LogP contribution in [-0.4, -0.2) is 82.7 Å². The molecule has 0 saturated heterocycles. The molecule has 0 aliphatic rings. The minimum atomic E-state index is -4.22. The second-order valence-corrected chi connectivity index (χ2v) is 9.18. The maximum Gasteiger partial charge on any atom is 0.472 e. The Bertz CT molecular complexity index is 458. The molecule has 0 rings (SSSR count). The molecule has 0 spiro atoms. The molecule has 0 saturated carbocycles. The topological polar surface area (TPSA) is 103 Å². The van der Waals surface area contributed by atoms with Gasteiger partial charge in [-0.2, -0.15) is 0 Å². The third-order valence-corrected chi connectivity index (χ3v) is 4.85. The fourth-order valence-electron chi connectivity index (χ4n) is 2.17. The van der Waals surface area contributed by atoms with Crippen molar-refractivity contribution >= 4 is 13.9 Å². The van der Waals surface area contributed by atoms with Gasteiger partial charge in [0.2, 0.25) is 0 Å². The summed E-state index contributed by atoms with van der Waals surface area (Å²) in [6, 6.07) is 0. The highest BCUT2D eigenvalue weighted by Gasteiger charge is 2.26. The van der Waals surface area contributed by atoms with Gasteiger partial charge in [-0.15, -0.1) is 0 Å². The Balaban J connectivity index is 4.22. The van der Waals surface area contributed by atoms with Crippen molar-refractivity contribution in [2.75, 3.05) is 61.2 Å². The summed E-state index contributed by atoms with van der Waals surface area (Å²) in [5, 5.41) is 2.34. The van der Waals surface area contributed by atoms with Gasteiger partial charge in [-0.3, -0.25) is 9.05 Å². The van der Waals surface area contributed by atoms with E-state index in [1.54, 1.807) is 0 Å². The lowest BCUT2D eigenvalue weighted by Crippen LogP contribution is -2.37. The van der Waals surface area contributed by atoms with Crippen LogP contribution in [0.1, 0.15) is 45.4 Å². The molecule has 1 unspecified atom stereocenters. The van der Waals surface area contributed by atoms with Crippen LogP contribution in [0.2, 0.25) is 0 Å². The summed E-state index contributed by atoms with van der Waals surface area (Å²) in [6.07, 6.45) is 5.41. The first-order valence-electron chi connectivity index (χ1n) is 9.98. The van der Waals surface area contributed by atoms with Crippen LogP contribution in [-0.2, 0) is 23.1 Å². The van der Waals surface area contributed by atoms with E-state index >= 15 is 0 Å². The first-order valence-corrected chi connectivity index (χ1v) is 11.5. The van der Waals surface area contributed by atoms with Gasteiger partial charge >= 0.3 is 13.9 Å². The number of carbonyl (C=O) groups is 1. The number of carbonyl (C=O) groups excluding carboxylic acids is 1. The molecule has 10 heteroatoms. The summed E-state index contributed by atoms with van der Waals surface area (Å²) in [5.74, 6) is 0. The third kappa shape index (κ3) is 17.4. The number of nitrogens with one attached hydrogen (secondary N) is 1. The second-order valence-electron chi connectivity index (χ2n) is 7.73. The number of phosphoric ester groups is 1. The van der Waals surface area contributed by atoms with Crippen molar-refractivity contribution in [3.05, 3.63) is 0 Å². The number of hydrogen-bond acceptors (Lipinski definition) is 6. The SMILES string of the molecule is CCCCCCCCOC[C@H](COP(=O)(O)OCC[N+](C)(C)C)OC(=O)NC. The normalized spacial score (nSPS) is 15.1. The molecule has 0 radical (unpaired) electrons. The molecule has 0 heterocycles. The predicted octanol–water partition coefficient (Wildman–Crippen LogP) is 2.93. The maximum atomic E-state index is 12.0. The minimum Gasteiger partial charge on any atom is -0.441 e. The van der Waals surface area contributed by atoms with Crippen molar-refractivity contribution in [2.24, 2.45) is 0 Å². The highest BCUT2D eigenvalue weighted by atomic mass is 31.2. The van der Waals surface area contributed by atoms with E-state index in [0.29, 0.717) is 17.6 Å². The van der Waals surface area contributed by atoms with Crippen molar-refractivity contribution in [2.45, 2.75) is 51.6 Å². The number of alkyl carbamates (subject to hydrolysis) is 1. The van der Waals surface area contributed by atoms with Gasteiger partial charge in [0.25, 0.3) is 0 Å². The predicted molar refractivity (Wildman–Crippen MR) is 108 cm³/mol. The summed E-state index contributed by atoms with van der Waals surface area (Å²) in [6.45, 7) is 3.14. The highest BCUT2D eigenvalue weighted by molar-refractivity contribution is 7.47. The van der Waals surface area contributed by atoms with Crippen LogP contribution in [0.4, 0.5) is 4.79 Å². The van der Waals surface area contributed by atoms with Gasteiger partial charge < -0.3 is 24.2 Å². The van der Waals surface area contributed by atoms with Crippen molar-refractivity contribution in [1.29, 1.82) is 0 Å². The monoisotopic (exact) mass is 427 g/mol. The van der Waals surface area contributed by atoms with Crippen molar-refractivity contribution < 1.29 is 37.3 Å². The van der Waals surface area contributed by atoms with E-state index in [2.05, 4.69) is 12.2 Å². The van der Waals surface area contributed by atoms with Crippen LogP contribution in [0.5, 0.6) is 0 Å². The van der Waals surface area contributed by atoms with E-state index in [4.69, 9.17) is 18.5 Å². The summed E-state index contributed by atoms with van der Waals surface area (Å²) in [7, 11) is 3.05. The van der Waals surface area contributed by atoms with Crippen molar-refractivity contribution in [3.8, 4) is 0 Å². The number of rotatable bonds is 17.